The molecule has 6 nitrogen and oxygen atoms in total. The number of aromatic hydroxyl groups is 2. The largest absolute Gasteiger partial charge is 0.505 e. The van der Waals surface area contributed by atoms with Gasteiger partial charge in [-0.2, -0.15) is 0 Å². The van der Waals surface area contributed by atoms with Crippen molar-refractivity contribution >= 4 is 43.6 Å². The molecule has 8 heteroatoms. The smallest absolute Gasteiger partial charge is 0.151 e. The molecule has 0 bridgehead atoms. The van der Waals surface area contributed by atoms with E-state index >= 15 is 8.78 Å². The molecule has 9 aromatic carbocycles. The SMILES string of the molecule is CC(C)(C)CC(C)(C)c1cc(-c2cc(F)ccc2OCC(COc2c(C(C)(C)CC(C)(C)C)cc(-n3c4ccc(C(C)(C)C)cc4c4cc(C(C)(C)C)ccc43)c(O)c2-c2cccc(F)c2)Cc2ccccc2)c(O)c(-n2c3ccc(C(C)(C)C)cc3c3cc(C(C)(C)C)ccc32)c1. The lowest BCUT2D eigenvalue weighted by Gasteiger charge is -2.36. The first-order valence-electron chi connectivity index (χ1n) is 35.3. The number of hydrogen-bond acceptors (Lipinski definition) is 4. The van der Waals surface area contributed by atoms with Gasteiger partial charge in [0.25, 0.3) is 0 Å². The van der Waals surface area contributed by atoms with Gasteiger partial charge in [0.05, 0.1) is 52.2 Å². The topological polar surface area (TPSA) is 68.8 Å². The predicted octanol–water partition coefficient (Wildman–Crippen LogP) is 24.8. The fraction of sp³-hybridized carbons (Fsp3) is 0.400. The molecule has 0 aliphatic heterocycles. The van der Waals surface area contributed by atoms with Crippen LogP contribution in [0.3, 0.4) is 0 Å². The fourth-order valence-corrected chi connectivity index (χ4v) is 15.4. The maximum atomic E-state index is 16.4. The molecular formula is C90H106F2N2O4. The van der Waals surface area contributed by atoms with Gasteiger partial charge in [0.1, 0.15) is 28.9 Å². The van der Waals surface area contributed by atoms with Gasteiger partial charge in [-0.25, -0.2) is 8.78 Å². The molecule has 2 aromatic heterocycles. The molecule has 0 amide bonds. The van der Waals surface area contributed by atoms with E-state index in [1.807, 2.05) is 30.3 Å². The van der Waals surface area contributed by atoms with Crippen LogP contribution in [0.15, 0.2) is 164 Å². The second kappa shape index (κ2) is 25.4. The summed E-state index contributed by atoms with van der Waals surface area (Å²) in [6.07, 6.45) is 2.08. The Bertz CT molecular complexity index is 4680. The molecule has 11 rings (SSSR count). The third kappa shape index (κ3) is 14.5. The molecule has 0 saturated carbocycles. The van der Waals surface area contributed by atoms with Crippen LogP contribution >= 0.6 is 0 Å². The number of halogens is 2. The summed E-state index contributed by atoms with van der Waals surface area (Å²) >= 11 is 0. The Morgan fingerprint density at radius 1 is 0.388 bits per heavy atom. The Morgan fingerprint density at radius 2 is 0.827 bits per heavy atom. The Balaban J connectivity index is 1.08. The number of nitrogens with zero attached hydrogens (tertiary/aromatic N) is 2. The summed E-state index contributed by atoms with van der Waals surface area (Å²) in [6, 6.07) is 54.3. The minimum Gasteiger partial charge on any atom is -0.505 e. The van der Waals surface area contributed by atoms with Gasteiger partial charge < -0.3 is 28.8 Å². The lowest BCUT2D eigenvalue weighted by molar-refractivity contribution is 0.173. The minimum atomic E-state index is -0.578. The lowest BCUT2D eigenvalue weighted by atomic mass is 9.71. The quantitative estimate of drug-likeness (QED) is 0.101. The number of ether oxygens (including phenoxy) is 2. The predicted molar refractivity (Wildman–Crippen MR) is 409 cm³/mol. The Morgan fingerprint density at radius 3 is 1.28 bits per heavy atom. The molecule has 514 valence electrons. The van der Waals surface area contributed by atoms with Crippen LogP contribution in [-0.2, 0) is 38.9 Å². The van der Waals surface area contributed by atoms with Gasteiger partial charge in [0.2, 0.25) is 0 Å². The van der Waals surface area contributed by atoms with Gasteiger partial charge in [-0.3, -0.25) is 0 Å². The molecule has 11 aromatic rings. The van der Waals surface area contributed by atoms with Crippen LogP contribution in [0.2, 0.25) is 0 Å². The standard InChI is InChI=1S/C90H106F2N2O4/c1-83(2,3)53-89(19,20)62-47-70(80(95)76(48-62)93-72-36-31-58(85(7,8)9)43-65(72)66-44-59(86(10,11)12)32-37-73(66)93)69-49-64(92)35-40-78(69)97-51-56(41-55-27-24-23-25-28-55)52-98-82-71(90(21,22)54-84(4,5)6)50-77(81(96)79(82)57-29-26-30-63(91)42-57)94-74-38-33-60(87(13,14)15)45-67(74)68-46-61(88(16,17)18)34-39-75(68)94/h23-40,42-50,56,95-96H,41,51-54H2,1-22H3. The van der Waals surface area contributed by atoms with E-state index in [-0.39, 0.29) is 63.1 Å². The highest BCUT2D eigenvalue weighted by Gasteiger charge is 2.37. The summed E-state index contributed by atoms with van der Waals surface area (Å²) in [5.74, 6) is -0.446. The first kappa shape index (κ1) is 70.9. The van der Waals surface area contributed by atoms with Gasteiger partial charge in [-0.15, -0.1) is 0 Å². The van der Waals surface area contributed by atoms with E-state index in [2.05, 4.69) is 259 Å². The van der Waals surface area contributed by atoms with Crippen molar-refractivity contribution < 1.29 is 28.5 Å². The van der Waals surface area contributed by atoms with Crippen molar-refractivity contribution in [1.82, 2.24) is 9.13 Å². The zero-order valence-corrected chi connectivity index (χ0v) is 62.6. The highest BCUT2D eigenvalue weighted by Crippen LogP contribution is 2.53. The average Bonchev–Trinajstić information content (AvgIpc) is 1.52. The van der Waals surface area contributed by atoms with Gasteiger partial charge in [0, 0.05) is 44.2 Å². The molecule has 0 radical (unpaired) electrons. The van der Waals surface area contributed by atoms with Crippen molar-refractivity contribution in [3.63, 3.8) is 0 Å². The van der Waals surface area contributed by atoms with Crippen molar-refractivity contribution in [2.75, 3.05) is 13.2 Å². The molecule has 0 saturated heterocycles. The van der Waals surface area contributed by atoms with Crippen LogP contribution in [-0.4, -0.2) is 32.6 Å². The number of phenolic OH excluding ortho intramolecular Hbond substituents is 2. The van der Waals surface area contributed by atoms with Gasteiger partial charge >= 0.3 is 0 Å². The molecule has 0 spiro atoms. The van der Waals surface area contributed by atoms with E-state index in [4.69, 9.17) is 9.47 Å². The van der Waals surface area contributed by atoms with E-state index in [0.717, 1.165) is 73.1 Å². The lowest BCUT2D eigenvalue weighted by Crippen LogP contribution is -2.28. The van der Waals surface area contributed by atoms with Crippen LogP contribution in [0.5, 0.6) is 23.0 Å². The molecule has 0 aliphatic carbocycles. The number of benzene rings is 9. The summed E-state index contributed by atoms with van der Waals surface area (Å²) in [6.45, 7) is 49.5. The number of hydrogen-bond donors (Lipinski definition) is 2. The molecule has 2 heterocycles. The first-order valence-corrected chi connectivity index (χ1v) is 35.3. The molecule has 98 heavy (non-hydrogen) atoms. The molecule has 0 fully saturated rings. The Kier molecular flexibility index (Phi) is 18.4. The highest BCUT2D eigenvalue weighted by atomic mass is 19.1. The first-order chi connectivity index (χ1) is 45.5. The minimum absolute atomic E-state index is 0.00211. The van der Waals surface area contributed by atoms with Crippen molar-refractivity contribution in [2.45, 2.75) is 204 Å². The highest BCUT2D eigenvalue weighted by molar-refractivity contribution is 6.11. The Hall–Kier alpha value is -8.36. The third-order valence-electron chi connectivity index (χ3n) is 19.9. The monoisotopic (exact) mass is 1320 g/mol. The van der Waals surface area contributed by atoms with Crippen LogP contribution in [0.25, 0.3) is 77.2 Å². The summed E-state index contributed by atoms with van der Waals surface area (Å²) in [5.41, 5.74) is 12.7. The molecule has 1 atom stereocenters. The number of aromatic nitrogens is 2. The molecule has 1 unspecified atom stereocenters. The van der Waals surface area contributed by atoms with E-state index in [0.29, 0.717) is 51.5 Å². The van der Waals surface area contributed by atoms with E-state index in [1.165, 1.54) is 46.5 Å². The van der Waals surface area contributed by atoms with Crippen molar-refractivity contribution in [3.8, 4) is 56.6 Å². The van der Waals surface area contributed by atoms with Gasteiger partial charge in [-0.05, 0) is 199 Å². The average molecular weight is 1320 g/mol. The second-order valence-electron chi connectivity index (χ2n) is 36.1. The summed E-state index contributed by atoms with van der Waals surface area (Å²) < 4.78 is 51.5. The van der Waals surface area contributed by atoms with Crippen molar-refractivity contribution in [1.29, 1.82) is 0 Å². The van der Waals surface area contributed by atoms with Gasteiger partial charge in [-0.1, -0.05) is 219 Å². The zero-order chi connectivity index (χ0) is 71.4. The van der Waals surface area contributed by atoms with Crippen molar-refractivity contribution in [2.24, 2.45) is 16.7 Å². The van der Waals surface area contributed by atoms with E-state index in [1.54, 1.807) is 12.1 Å². The number of phenols is 2. The summed E-state index contributed by atoms with van der Waals surface area (Å²) in [5, 5.41) is 31.2. The van der Waals surface area contributed by atoms with Crippen LogP contribution in [0.4, 0.5) is 8.78 Å². The fourth-order valence-electron chi connectivity index (χ4n) is 15.4. The zero-order valence-electron chi connectivity index (χ0n) is 62.6. The maximum absolute atomic E-state index is 16.4. The summed E-state index contributed by atoms with van der Waals surface area (Å²) in [4.78, 5) is 0. The maximum Gasteiger partial charge on any atom is 0.151 e. The number of rotatable bonds is 16. The molecule has 0 aliphatic rings. The second-order valence-corrected chi connectivity index (χ2v) is 36.1. The molecule has 2 N–H and O–H groups in total. The normalized spacial score (nSPS) is 13.6. The third-order valence-corrected chi connectivity index (χ3v) is 19.9. The number of fused-ring (bicyclic) bond motifs is 6. The van der Waals surface area contributed by atoms with Crippen LogP contribution in [0, 0.1) is 28.4 Å². The van der Waals surface area contributed by atoms with Crippen molar-refractivity contribution in [3.05, 3.63) is 214 Å². The van der Waals surface area contributed by atoms with Gasteiger partial charge in [0.15, 0.2) is 5.75 Å². The van der Waals surface area contributed by atoms with E-state index in [9.17, 15) is 10.2 Å². The van der Waals surface area contributed by atoms with Crippen LogP contribution in [0.1, 0.15) is 204 Å². The van der Waals surface area contributed by atoms with E-state index < -0.39 is 22.5 Å². The summed E-state index contributed by atoms with van der Waals surface area (Å²) in [7, 11) is 0. The Labute approximate surface area is 583 Å². The van der Waals surface area contributed by atoms with Crippen LogP contribution < -0.4 is 9.47 Å². The molecular weight excluding hydrogens is 1210 g/mol.